The number of nitrogens with two attached hydrogens (primary N) is 1. The van der Waals surface area contributed by atoms with Gasteiger partial charge in [-0.25, -0.2) is 9.37 Å². The van der Waals surface area contributed by atoms with Gasteiger partial charge in [0.2, 0.25) is 0 Å². The van der Waals surface area contributed by atoms with Crippen LogP contribution in [0.3, 0.4) is 0 Å². The van der Waals surface area contributed by atoms with Crippen molar-refractivity contribution in [2.75, 3.05) is 0 Å². The molecule has 0 saturated carbocycles. The van der Waals surface area contributed by atoms with Gasteiger partial charge in [0.05, 0.1) is 11.4 Å². The molecule has 0 aliphatic carbocycles. The molecule has 0 bridgehead atoms. The molecule has 78 valence electrons. The van der Waals surface area contributed by atoms with Crippen molar-refractivity contribution >= 4 is 0 Å². The number of hydrogen-bond acceptors (Lipinski definition) is 2. The maximum atomic E-state index is 13.5. The summed E-state index contributed by atoms with van der Waals surface area (Å²) in [5.74, 6) is 0.465. The predicted octanol–water partition coefficient (Wildman–Crippen LogP) is 1.98. The van der Waals surface area contributed by atoms with Crippen LogP contribution in [0.4, 0.5) is 4.39 Å². The van der Waals surface area contributed by atoms with Crippen LogP contribution in [0.5, 0.6) is 0 Å². The molecular formula is C11H12FN3. The second-order valence-corrected chi connectivity index (χ2v) is 3.33. The van der Waals surface area contributed by atoms with Gasteiger partial charge < -0.3 is 10.7 Å². The van der Waals surface area contributed by atoms with Crippen LogP contribution in [-0.4, -0.2) is 9.97 Å². The van der Waals surface area contributed by atoms with E-state index in [2.05, 4.69) is 9.97 Å². The lowest BCUT2D eigenvalue weighted by Gasteiger charge is -2.01. The Bertz CT molecular complexity index is 476. The van der Waals surface area contributed by atoms with Crippen molar-refractivity contribution in [1.82, 2.24) is 9.97 Å². The Hall–Kier alpha value is -1.68. The SMILES string of the molecule is Cc1nc(-c2ccccc2F)c(CN)[nH]1. The summed E-state index contributed by atoms with van der Waals surface area (Å²) in [6, 6.07) is 6.55. The number of aryl methyl sites for hydroxylation is 1. The van der Waals surface area contributed by atoms with Crippen molar-refractivity contribution in [2.45, 2.75) is 13.5 Å². The summed E-state index contributed by atoms with van der Waals surface area (Å²) >= 11 is 0. The van der Waals surface area contributed by atoms with E-state index < -0.39 is 0 Å². The Labute approximate surface area is 87.2 Å². The zero-order valence-corrected chi connectivity index (χ0v) is 8.42. The minimum atomic E-state index is -0.279. The quantitative estimate of drug-likeness (QED) is 0.787. The van der Waals surface area contributed by atoms with Crippen molar-refractivity contribution < 1.29 is 4.39 Å². The molecule has 0 aliphatic heterocycles. The Morgan fingerprint density at radius 3 is 2.80 bits per heavy atom. The predicted molar refractivity (Wildman–Crippen MR) is 56.6 cm³/mol. The second kappa shape index (κ2) is 3.82. The van der Waals surface area contributed by atoms with Gasteiger partial charge in [0, 0.05) is 12.1 Å². The van der Waals surface area contributed by atoms with E-state index in [4.69, 9.17) is 5.73 Å². The van der Waals surface area contributed by atoms with Gasteiger partial charge in [0.15, 0.2) is 0 Å². The van der Waals surface area contributed by atoms with E-state index >= 15 is 0 Å². The van der Waals surface area contributed by atoms with E-state index in [-0.39, 0.29) is 5.82 Å². The standard InChI is InChI=1S/C11H12FN3/c1-7-14-10(6-13)11(15-7)8-4-2-3-5-9(8)12/h2-5H,6,13H2,1H3,(H,14,15). The van der Waals surface area contributed by atoms with Gasteiger partial charge in [-0.05, 0) is 19.1 Å². The Morgan fingerprint density at radius 2 is 2.13 bits per heavy atom. The largest absolute Gasteiger partial charge is 0.345 e. The van der Waals surface area contributed by atoms with Crippen LogP contribution in [0.2, 0.25) is 0 Å². The normalized spacial score (nSPS) is 10.6. The van der Waals surface area contributed by atoms with Gasteiger partial charge in [-0.2, -0.15) is 0 Å². The van der Waals surface area contributed by atoms with Gasteiger partial charge in [-0.15, -0.1) is 0 Å². The third-order valence-electron chi connectivity index (χ3n) is 2.23. The molecule has 0 unspecified atom stereocenters. The van der Waals surface area contributed by atoms with Crippen molar-refractivity contribution in [2.24, 2.45) is 5.73 Å². The third-order valence-corrected chi connectivity index (χ3v) is 2.23. The first kappa shape index (κ1) is 9.86. The van der Waals surface area contributed by atoms with Gasteiger partial charge in [0.1, 0.15) is 11.6 Å². The number of halogens is 1. The number of aromatic amines is 1. The lowest BCUT2D eigenvalue weighted by molar-refractivity contribution is 0.630. The van der Waals surface area contributed by atoms with Crippen LogP contribution in [0.1, 0.15) is 11.5 Å². The Morgan fingerprint density at radius 1 is 1.40 bits per heavy atom. The van der Waals surface area contributed by atoms with Crippen LogP contribution in [0.15, 0.2) is 24.3 Å². The summed E-state index contributed by atoms with van der Waals surface area (Å²) in [6.45, 7) is 2.15. The molecule has 1 aromatic heterocycles. The first-order chi connectivity index (χ1) is 7.22. The molecule has 4 heteroatoms. The summed E-state index contributed by atoms with van der Waals surface area (Å²) in [7, 11) is 0. The number of aromatic nitrogens is 2. The summed E-state index contributed by atoms with van der Waals surface area (Å²) in [4.78, 5) is 7.25. The number of H-pyrrole nitrogens is 1. The molecule has 1 aromatic carbocycles. The zero-order valence-electron chi connectivity index (χ0n) is 8.42. The van der Waals surface area contributed by atoms with Crippen LogP contribution < -0.4 is 5.73 Å². The lowest BCUT2D eigenvalue weighted by atomic mass is 10.1. The molecule has 1 heterocycles. The molecule has 0 amide bonds. The first-order valence-corrected chi connectivity index (χ1v) is 4.73. The van der Waals surface area contributed by atoms with Gasteiger partial charge >= 0.3 is 0 Å². The van der Waals surface area contributed by atoms with Gasteiger partial charge in [-0.1, -0.05) is 12.1 Å². The molecule has 2 rings (SSSR count). The number of rotatable bonds is 2. The lowest BCUT2D eigenvalue weighted by Crippen LogP contribution is -1.99. The molecule has 3 nitrogen and oxygen atoms in total. The maximum Gasteiger partial charge on any atom is 0.132 e. The summed E-state index contributed by atoms with van der Waals surface area (Å²) in [5.41, 5.74) is 7.41. The fourth-order valence-corrected chi connectivity index (χ4v) is 1.56. The molecule has 0 saturated heterocycles. The summed E-state index contributed by atoms with van der Waals surface area (Å²) < 4.78 is 13.5. The minimum Gasteiger partial charge on any atom is -0.345 e. The van der Waals surface area contributed by atoms with E-state index in [1.54, 1.807) is 18.2 Å². The van der Waals surface area contributed by atoms with Crippen LogP contribution in [0.25, 0.3) is 11.3 Å². The molecule has 0 fully saturated rings. The Balaban J connectivity index is 2.58. The van der Waals surface area contributed by atoms with Gasteiger partial charge in [0.25, 0.3) is 0 Å². The number of hydrogen-bond donors (Lipinski definition) is 2. The number of imidazole rings is 1. The zero-order chi connectivity index (χ0) is 10.8. The highest BCUT2D eigenvalue weighted by Crippen LogP contribution is 2.23. The molecule has 0 atom stereocenters. The highest BCUT2D eigenvalue weighted by molar-refractivity contribution is 5.62. The molecular weight excluding hydrogens is 193 g/mol. The van der Waals surface area contributed by atoms with Crippen molar-refractivity contribution in [3.05, 3.63) is 41.6 Å². The molecule has 15 heavy (non-hydrogen) atoms. The smallest absolute Gasteiger partial charge is 0.132 e. The maximum absolute atomic E-state index is 13.5. The summed E-state index contributed by atoms with van der Waals surface area (Å²) in [5, 5.41) is 0. The highest BCUT2D eigenvalue weighted by atomic mass is 19.1. The van der Waals surface area contributed by atoms with E-state index in [1.165, 1.54) is 6.07 Å². The monoisotopic (exact) mass is 205 g/mol. The minimum absolute atomic E-state index is 0.279. The third kappa shape index (κ3) is 1.76. The van der Waals surface area contributed by atoms with Crippen molar-refractivity contribution in [3.63, 3.8) is 0 Å². The van der Waals surface area contributed by atoms with E-state index in [0.29, 0.717) is 17.8 Å². The molecule has 2 aromatic rings. The first-order valence-electron chi connectivity index (χ1n) is 4.73. The van der Waals surface area contributed by atoms with Crippen molar-refractivity contribution in [1.29, 1.82) is 0 Å². The fraction of sp³-hybridized carbons (Fsp3) is 0.182. The van der Waals surface area contributed by atoms with Crippen LogP contribution in [-0.2, 0) is 6.54 Å². The average molecular weight is 205 g/mol. The molecule has 0 aliphatic rings. The molecule has 0 spiro atoms. The Kier molecular flexibility index (Phi) is 2.51. The number of nitrogens with zero attached hydrogens (tertiary/aromatic N) is 1. The molecule has 0 radical (unpaired) electrons. The topological polar surface area (TPSA) is 54.7 Å². The number of nitrogens with one attached hydrogen (secondary N) is 1. The van der Waals surface area contributed by atoms with E-state index in [0.717, 1.165) is 11.5 Å². The van der Waals surface area contributed by atoms with E-state index in [1.807, 2.05) is 6.92 Å². The van der Waals surface area contributed by atoms with Crippen LogP contribution >= 0.6 is 0 Å². The highest BCUT2D eigenvalue weighted by Gasteiger charge is 2.12. The second-order valence-electron chi connectivity index (χ2n) is 3.33. The van der Waals surface area contributed by atoms with Crippen LogP contribution in [0, 0.1) is 12.7 Å². The van der Waals surface area contributed by atoms with Gasteiger partial charge in [-0.3, -0.25) is 0 Å². The van der Waals surface area contributed by atoms with Crippen molar-refractivity contribution in [3.8, 4) is 11.3 Å². The number of benzene rings is 1. The van der Waals surface area contributed by atoms with E-state index in [9.17, 15) is 4.39 Å². The average Bonchev–Trinajstić information content (AvgIpc) is 2.60. The summed E-state index contributed by atoms with van der Waals surface area (Å²) in [6.07, 6.45) is 0. The fourth-order valence-electron chi connectivity index (χ4n) is 1.56. The molecule has 3 N–H and O–H groups in total.